The molecular formula is C10H10BrNO2. The second-order valence-electron chi connectivity index (χ2n) is 2.73. The van der Waals surface area contributed by atoms with Crippen molar-refractivity contribution in [3.05, 3.63) is 27.7 Å². The van der Waals surface area contributed by atoms with E-state index >= 15 is 0 Å². The van der Waals surface area contributed by atoms with Gasteiger partial charge >= 0.3 is 0 Å². The van der Waals surface area contributed by atoms with Crippen LogP contribution in [0, 0.1) is 18.3 Å². The van der Waals surface area contributed by atoms with Gasteiger partial charge in [-0.15, -0.1) is 0 Å². The van der Waals surface area contributed by atoms with Crippen LogP contribution < -0.4 is 4.74 Å². The van der Waals surface area contributed by atoms with Crippen molar-refractivity contribution < 1.29 is 9.47 Å². The summed E-state index contributed by atoms with van der Waals surface area (Å²) in [5, 5.41) is 8.92. The van der Waals surface area contributed by atoms with E-state index in [1.54, 1.807) is 6.07 Å². The van der Waals surface area contributed by atoms with Gasteiger partial charge in [-0.25, -0.2) is 0 Å². The summed E-state index contributed by atoms with van der Waals surface area (Å²) < 4.78 is 10.8. The first-order valence-corrected chi connectivity index (χ1v) is 4.81. The fraction of sp³-hybridized carbons (Fsp3) is 0.300. The summed E-state index contributed by atoms with van der Waals surface area (Å²) in [4.78, 5) is 0. The van der Waals surface area contributed by atoms with Gasteiger partial charge in [-0.2, -0.15) is 5.26 Å². The molecule has 1 aromatic rings. The molecule has 1 aromatic carbocycles. The van der Waals surface area contributed by atoms with E-state index in [9.17, 15) is 0 Å². The van der Waals surface area contributed by atoms with Crippen LogP contribution in [-0.4, -0.2) is 13.9 Å². The van der Waals surface area contributed by atoms with Gasteiger partial charge in [0.1, 0.15) is 17.4 Å². The molecule has 0 fully saturated rings. The number of hydrogen-bond donors (Lipinski definition) is 0. The lowest BCUT2D eigenvalue weighted by Crippen LogP contribution is -2.01. The van der Waals surface area contributed by atoms with Gasteiger partial charge in [0.05, 0.1) is 0 Å². The van der Waals surface area contributed by atoms with Crippen molar-refractivity contribution in [2.75, 3.05) is 13.9 Å². The van der Waals surface area contributed by atoms with E-state index in [0.29, 0.717) is 11.3 Å². The minimum atomic E-state index is 0.143. The lowest BCUT2D eigenvalue weighted by atomic mass is 10.1. The Morgan fingerprint density at radius 3 is 2.79 bits per heavy atom. The number of methoxy groups -OCH3 is 1. The Hall–Kier alpha value is -1.05. The van der Waals surface area contributed by atoms with Crippen molar-refractivity contribution in [2.45, 2.75) is 6.92 Å². The number of aryl methyl sites for hydroxylation is 1. The van der Waals surface area contributed by atoms with E-state index in [1.165, 1.54) is 7.11 Å². The number of nitriles is 1. The van der Waals surface area contributed by atoms with Crippen LogP contribution in [0.5, 0.6) is 5.75 Å². The van der Waals surface area contributed by atoms with E-state index in [1.807, 2.05) is 13.0 Å². The molecule has 0 unspecified atom stereocenters. The Labute approximate surface area is 91.4 Å². The molecule has 0 bridgehead atoms. The third-order valence-electron chi connectivity index (χ3n) is 1.74. The fourth-order valence-electron chi connectivity index (χ4n) is 1.01. The molecule has 0 saturated carbocycles. The molecule has 14 heavy (non-hydrogen) atoms. The quantitative estimate of drug-likeness (QED) is 0.780. The average molecular weight is 256 g/mol. The number of halogens is 1. The molecule has 0 saturated heterocycles. The third kappa shape index (κ3) is 2.25. The second-order valence-corrected chi connectivity index (χ2v) is 3.53. The van der Waals surface area contributed by atoms with Crippen LogP contribution >= 0.6 is 15.9 Å². The molecule has 4 heteroatoms. The summed E-state index contributed by atoms with van der Waals surface area (Å²) >= 11 is 3.34. The molecule has 3 nitrogen and oxygen atoms in total. The van der Waals surface area contributed by atoms with Crippen LogP contribution in [0.15, 0.2) is 16.6 Å². The van der Waals surface area contributed by atoms with Crippen LogP contribution in [-0.2, 0) is 4.74 Å². The SMILES string of the molecule is COCOc1ccc(C)c(Br)c1C#N. The minimum absolute atomic E-state index is 0.143. The summed E-state index contributed by atoms with van der Waals surface area (Å²) in [5.74, 6) is 0.534. The van der Waals surface area contributed by atoms with Crippen LogP contribution in [0.3, 0.4) is 0 Å². The summed E-state index contributed by atoms with van der Waals surface area (Å²) in [6.07, 6.45) is 0. The normalized spacial score (nSPS) is 9.57. The van der Waals surface area contributed by atoms with Gasteiger partial charge < -0.3 is 9.47 Å². The van der Waals surface area contributed by atoms with Crippen molar-refractivity contribution in [3.8, 4) is 11.8 Å². The summed E-state index contributed by atoms with van der Waals surface area (Å²) in [7, 11) is 1.54. The topological polar surface area (TPSA) is 42.2 Å². The highest BCUT2D eigenvalue weighted by atomic mass is 79.9. The summed E-state index contributed by atoms with van der Waals surface area (Å²) in [5.41, 5.74) is 1.51. The molecule has 0 aliphatic rings. The number of ether oxygens (including phenoxy) is 2. The average Bonchev–Trinajstić information content (AvgIpc) is 2.20. The maximum Gasteiger partial charge on any atom is 0.188 e. The highest BCUT2D eigenvalue weighted by Gasteiger charge is 2.09. The van der Waals surface area contributed by atoms with Gasteiger partial charge in [0.15, 0.2) is 6.79 Å². The number of nitrogens with zero attached hydrogens (tertiary/aromatic N) is 1. The number of rotatable bonds is 3. The molecule has 0 aliphatic carbocycles. The lowest BCUT2D eigenvalue weighted by molar-refractivity contribution is 0.0508. The molecule has 0 heterocycles. The smallest absolute Gasteiger partial charge is 0.188 e. The molecule has 0 spiro atoms. The number of benzene rings is 1. The van der Waals surface area contributed by atoms with Crippen LogP contribution in [0.25, 0.3) is 0 Å². The van der Waals surface area contributed by atoms with Gasteiger partial charge in [0, 0.05) is 11.6 Å². The Bertz CT molecular complexity index is 371. The van der Waals surface area contributed by atoms with Crippen LogP contribution in [0.4, 0.5) is 0 Å². The number of hydrogen-bond acceptors (Lipinski definition) is 3. The Morgan fingerprint density at radius 1 is 1.50 bits per heavy atom. The first-order valence-electron chi connectivity index (χ1n) is 4.01. The molecule has 0 N–H and O–H groups in total. The first kappa shape index (κ1) is 11.0. The predicted molar refractivity (Wildman–Crippen MR) is 56.1 cm³/mol. The van der Waals surface area contributed by atoms with Crippen molar-refractivity contribution >= 4 is 15.9 Å². The van der Waals surface area contributed by atoms with Gasteiger partial charge in [0.25, 0.3) is 0 Å². The molecule has 0 radical (unpaired) electrons. The molecule has 0 amide bonds. The molecular weight excluding hydrogens is 246 g/mol. The third-order valence-corrected chi connectivity index (χ3v) is 2.76. The highest BCUT2D eigenvalue weighted by molar-refractivity contribution is 9.10. The summed E-state index contributed by atoms with van der Waals surface area (Å²) in [6.45, 7) is 2.06. The Morgan fingerprint density at radius 2 is 2.21 bits per heavy atom. The van der Waals surface area contributed by atoms with Gasteiger partial charge in [-0.1, -0.05) is 6.07 Å². The zero-order valence-corrected chi connectivity index (χ0v) is 9.59. The standard InChI is InChI=1S/C10H10BrNO2/c1-7-3-4-9(14-6-13-2)8(5-12)10(7)11/h3-4H,6H2,1-2H3. The van der Waals surface area contributed by atoms with E-state index in [4.69, 9.17) is 14.7 Å². The summed E-state index contributed by atoms with van der Waals surface area (Å²) in [6, 6.07) is 5.73. The van der Waals surface area contributed by atoms with Crippen molar-refractivity contribution in [3.63, 3.8) is 0 Å². The van der Waals surface area contributed by atoms with Gasteiger partial charge in [0.2, 0.25) is 0 Å². The monoisotopic (exact) mass is 255 g/mol. The van der Waals surface area contributed by atoms with Crippen LogP contribution in [0.1, 0.15) is 11.1 Å². The largest absolute Gasteiger partial charge is 0.466 e. The van der Waals surface area contributed by atoms with Crippen molar-refractivity contribution in [1.29, 1.82) is 5.26 Å². The van der Waals surface area contributed by atoms with E-state index in [2.05, 4.69) is 22.0 Å². The molecule has 74 valence electrons. The van der Waals surface area contributed by atoms with E-state index < -0.39 is 0 Å². The minimum Gasteiger partial charge on any atom is -0.466 e. The predicted octanol–water partition coefficient (Wildman–Crippen LogP) is 2.61. The maximum atomic E-state index is 8.92. The van der Waals surface area contributed by atoms with E-state index in [0.717, 1.165) is 10.0 Å². The van der Waals surface area contributed by atoms with Gasteiger partial charge in [-0.05, 0) is 34.5 Å². The Kier molecular flexibility index (Phi) is 3.93. The zero-order chi connectivity index (χ0) is 10.6. The maximum absolute atomic E-state index is 8.92. The lowest BCUT2D eigenvalue weighted by Gasteiger charge is -2.08. The first-order chi connectivity index (χ1) is 6.70. The molecule has 0 aromatic heterocycles. The second kappa shape index (κ2) is 4.99. The van der Waals surface area contributed by atoms with Gasteiger partial charge in [-0.3, -0.25) is 0 Å². The van der Waals surface area contributed by atoms with E-state index in [-0.39, 0.29) is 6.79 Å². The van der Waals surface area contributed by atoms with Crippen molar-refractivity contribution in [1.82, 2.24) is 0 Å². The molecule has 1 rings (SSSR count). The fourth-order valence-corrected chi connectivity index (χ4v) is 1.43. The zero-order valence-electron chi connectivity index (χ0n) is 8.00. The van der Waals surface area contributed by atoms with Crippen LogP contribution in [0.2, 0.25) is 0 Å². The van der Waals surface area contributed by atoms with Crippen molar-refractivity contribution in [2.24, 2.45) is 0 Å². The molecule has 0 aliphatic heterocycles. The Balaban J connectivity index is 3.06. The molecule has 0 atom stereocenters. The highest BCUT2D eigenvalue weighted by Crippen LogP contribution is 2.29.